The fourth-order valence-electron chi connectivity index (χ4n) is 2.36. The Morgan fingerprint density at radius 3 is 2.10 bits per heavy atom. The van der Waals surface area contributed by atoms with Crippen LogP contribution in [0.4, 0.5) is 9.59 Å². The van der Waals surface area contributed by atoms with Crippen molar-refractivity contribution in [1.29, 1.82) is 0 Å². The molecule has 1 rings (SSSR count). The monoisotopic (exact) mass is 334 g/mol. The number of alkyl carbamates (subject to hydrolysis) is 2. The predicted octanol–water partition coefficient (Wildman–Crippen LogP) is 2.21. The largest absolute Gasteiger partial charge is 0.450 e. The van der Waals surface area contributed by atoms with E-state index in [9.17, 15) is 9.59 Å². The van der Waals surface area contributed by atoms with Gasteiger partial charge in [-0.25, -0.2) is 9.59 Å². The Bertz CT molecular complexity index is 376. The Morgan fingerprint density at radius 1 is 1.10 bits per heavy atom. The zero-order valence-corrected chi connectivity index (χ0v) is 15.2. The maximum atomic E-state index is 11.8. The van der Waals surface area contributed by atoms with E-state index in [0.29, 0.717) is 18.1 Å². The number of carbonyl (C=O) groups excluding carboxylic acids is 2. The summed E-state index contributed by atoms with van der Waals surface area (Å²) >= 11 is 1.81. The quantitative estimate of drug-likeness (QED) is 0.754. The van der Waals surface area contributed by atoms with Crippen molar-refractivity contribution >= 4 is 32.0 Å². The van der Waals surface area contributed by atoms with Gasteiger partial charge in [-0.3, -0.25) is 0 Å². The molecule has 3 atom stereocenters. The van der Waals surface area contributed by atoms with Crippen molar-refractivity contribution in [2.75, 3.05) is 19.0 Å². The third kappa shape index (κ3) is 5.42. The fraction of sp³-hybridized carbons (Fsp3) is 0.846. The van der Waals surface area contributed by atoms with Crippen LogP contribution in [0, 0.1) is 0 Å². The molecule has 0 saturated carbocycles. The van der Waals surface area contributed by atoms with E-state index in [0.717, 1.165) is 5.75 Å². The first-order valence-corrected chi connectivity index (χ1v) is 11.9. The first kappa shape index (κ1) is 18.2. The average molecular weight is 335 g/mol. The molecule has 0 aliphatic carbocycles. The molecule has 0 aromatic carbocycles. The van der Waals surface area contributed by atoms with Crippen molar-refractivity contribution in [2.24, 2.45) is 0 Å². The Labute approximate surface area is 131 Å². The van der Waals surface area contributed by atoms with E-state index in [-0.39, 0.29) is 12.1 Å². The molecule has 8 heteroatoms. The molecule has 1 heterocycles. The van der Waals surface area contributed by atoms with Gasteiger partial charge in [-0.15, -0.1) is 0 Å². The number of carbonyl (C=O) groups is 2. The van der Waals surface area contributed by atoms with Crippen LogP contribution in [-0.4, -0.2) is 56.2 Å². The molecular formula is C13H26N2O4SSi. The Kier molecular flexibility index (Phi) is 6.86. The van der Waals surface area contributed by atoms with Crippen LogP contribution in [0.1, 0.15) is 13.8 Å². The van der Waals surface area contributed by atoms with Gasteiger partial charge < -0.3 is 20.1 Å². The van der Waals surface area contributed by atoms with Gasteiger partial charge >= 0.3 is 12.2 Å². The van der Waals surface area contributed by atoms with Gasteiger partial charge in [-0.05, 0) is 13.8 Å². The highest BCUT2D eigenvalue weighted by molar-refractivity contribution is 8.02. The molecule has 0 bridgehead atoms. The molecule has 21 heavy (non-hydrogen) atoms. The topological polar surface area (TPSA) is 76.7 Å². The summed E-state index contributed by atoms with van der Waals surface area (Å²) in [6.07, 6.45) is -0.862. The van der Waals surface area contributed by atoms with Crippen molar-refractivity contribution in [3.63, 3.8) is 0 Å². The summed E-state index contributed by atoms with van der Waals surface area (Å²) in [5, 5.41) is 5.77. The number of hydrogen-bond acceptors (Lipinski definition) is 5. The molecule has 1 saturated heterocycles. The van der Waals surface area contributed by atoms with Gasteiger partial charge in [0.15, 0.2) is 0 Å². The molecular weight excluding hydrogens is 308 g/mol. The van der Waals surface area contributed by atoms with E-state index >= 15 is 0 Å². The van der Waals surface area contributed by atoms with Gasteiger partial charge in [0.1, 0.15) is 0 Å². The van der Waals surface area contributed by atoms with E-state index in [2.05, 4.69) is 30.3 Å². The molecule has 1 aliphatic heterocycles. The molecule has 0 spiro atoms. The second kappa shape index (κ2) is 7.93. The summed E-state index contributed by atoms with van der Waals surface area (Å²) < 4.78 is 9.91. The van der Waals surface area contributed by atoms with Gasteiger partial charge in [0.2, 0.25) is 0 Å². The number of thioether (sulfide) groups is 1. The number of hydrogen-bond donors (Lipinski definition) is 2. The van der Waals surface area contributed by atoms with Gasteiger partial charge in [-0.1, -0.05) is 19.6 Å². The van der Waals surface area contributed by atoms with E-state index in [1.165, 1.54) is 0 Å². The summed E-state index contributed by atoms with van der Waals surface area (Å²) in [6, 6.07) is -0.250. The minimum absolute atomic E-state index is 0.120. The second-order valence-electron chi connectivity index (χ2n) is 5.98. The van der Waals surface area contributed by atoms with Crippen LogP contribution in [-0.2, 0) is 9.47 Å². The normalized spacial score (nSPS) is 25.3. The standard InChI is InChI=1S/C13H26N2O4SSi/c1-6-18-12(16)14-9-8-20-11(21(3,4)5)10(9)15-13(17)19-7-2/h9-11H,6-8H2,1-5H3,(H,14,16)(H,15,17)/t9-,10-,11-/m0/s1. The zero-order valence-electron chi connectivity index (χ0n) is 13.4. The lowest BCUT2D eigenvalue weighted by molar-refractivity contribution is 0.138. The summed E-state index contributed by atoms with van der Waals surface area (Å²) in [7, 11) is -1.49. The number of ether oxygens (including phenoxy) is 2. The van der Waals surface area contributed by atoms with Crippen molar-refractivity contribution in [1.82, 2.24) is 10.6 Å². The molecule has 2 N–H and O–H groups in total. The third-order valence-corrected chi connectivity index (χ3v) is 9.10. The zero-order chi connectivity index (χ0) is 16.0. The number of amides is 2. The predicted molar refractivity (Wildman–Crippen MR) is 87.5 cm³/mol. The molecule has 0 unspecified atom stereocenters. The van der Waals surface area contributed by atoms with Crippen molar-refractivity contribution in [2.45, 2.75) is 50.4 Å². The van der Waals surface area contributed by atoms with Crippen LogP contribution in [0.5, 0.6) is 0 Å². The van der Waals surface area contributed by atoms with Crippen LogP contribution in [0.3, 0.4) is 0 Å². The second-order valence-corrected chi connectivity index (χ2v) is 12.9. The first-order valence-electron chi connectivity index (χ1n) is 7.27. The van der Waals surface area contributed by atoms with E-state index in [1.807, 2.05) is 0 Å². The highest BCUT2D eigenvalue weighted by Gasteiger charge is 2.45. The summed E-state index contributed by atoms with van der Waals surface area (Å²) in [5.74, 6) is 0.769. The minimum atomic E-state index is -1.49. The van der Waals surface area contributed by atoms with E-state index in [1.54, 1.807) is 25.6 Å². The third-order valence-electron chi connectivity index (χ3n) is 3.21. The Hall–Kier alpha value is -0.893. The van der Waals surface area contributed by atoms with Crippen molar-refractivity contribution < 1.29 is 19.1 Å². The first-order chi connectivity index (χ1) is 9.79. The summed E-state index contributed by atoms with van der Waals surface area (Å²) in [4.78, 5) is 23.7. The lowest BCUT2D eigenvalue weighted by Crippen LogP contribution is -2.58. The molecule has 1 fully saturated rings. The summed E-state index contributed by atoms with van der Waals surface area (Å²) in [5.41, 5.74) is 0. The molecule has 0 aromatic heterocycles. The van der Waals surface area contributed by atoms with Crippen molar-refractivity contribution in [3.8, 4) is 0 Å². The van der Waals surface area contributed by atoms with E-state index in [4.69, 9.17) is 9.47 Å². The minimum Gasteiger partial charge on any atom is -0.450 e. The molecule has 2 amide bonds. The molecule has 0 aromatic rings. The molecule has 6 nitrogen and oxygen atoms in total. The van der Waals surface area contributed by atoms with Crippen LogP contribution in [0.15, 0.2) is 0 Å². The maximum Gasteiger partial charge on any atom is 0.407 e. The molecule has 122 valence electrons. The lowest BCUT2D eigenvalue weighted by Gasteiger charge is -2.32. The Morgan fingerprint density at radius 2 is 1.62 bits per heavy atom. The lowest BCUT2D eigenvalue weighted by atomic mass is 10.2. The highest BCUT2D eigenvalue weighted by Crippen LogP contribution is 2.34. The van der Waals surface area contributed by atoms with Crippen LogP contribution < -0.4 is 10.6 Å². The summed E-state index contributed by atoms with van der Waals surface area (Å²) in [6.45, 7) is 11.0. The van der Waals surface area contributed by atoms with Crippen molar-refractivity contribution in [3.05, 3.63) is 0 Å². The smallest absolute Gasteiger partial charge is 0.407 e. The van der Waals surface area contributed by atoms with Crippen LogP contribution in [0.25, 0.3) is 0 Å². The molecule has 0 radical (unpaired) electrons. The van der Waals surface area contributed by atoms with Gasteiger partial charge in [0, 0.05) is 10.6 Å². The van der Waals surface area contributed by atoms with Gasteiger partial charge in [0.25, 0.3) is 0 Å². The highest BCUT2D eigenvalue weighted by atomic mass is 32.2. The van der Waals surface area contributed by atoms with Gasteiger partial charge in [-0.2, -0.15) is 11.8 Å². The number of rotatable bonds is 5. The van der Waals surface area contributed by atoms with Gasteiger partial charge in [0.05, 0.1) is 33.4 Å². The van der Waals surface area contributed by atoms with Crippen LogP contribution >= 0.6 is 11.8 Å². The average Bonchev–Trinajstić information content (AvgIpc) is 2.72. The SMILES string of the molecule is CCOC(=O)N[C@H]1[C@@H](NC(=O)OCC)CS[C@H]1[Si](C)(C)C. The fourth-order valence-corrected chi connectivity index (χ4v) is 7.21. The van der Waals surface area contributed by atoms with Crippen LogP contribution in [0.2, 0.25) is 19.6 Å². The number of nitrogens with one attached hydrogen (secondary N) is 2. The maximum absolute atomic E-state index is 11.8. The van der Waals surface area contributed by atoms with E-state index < -0.39 is 20.3 Å². The Balaban J connectivity index is 2.77. The molecule has 1 aliphatic rings.